The molecule has 1 aromatic carbocycles. The lowest BCUT2D eigenvalue weighted by Gasteiger charge is -2.16. The van der Waals surface area contributed by atoms with Gasteiger partial charge >= 0.3 is 6.03 Å². The molecule has 1 atom stereocenters. The molecule has 2 heterocycles. The Bertz CT molecular complexity index is 789. The number of amides is 2. The molecule has 30 heavy (non-hydrogen) atoms. The summed E-state index contributed by atoms with van der Waals surface area (Å²) < 4.78 is 11.3. The van der Waals surface area contributed by atoms with Crippen molar-refractivity contribution in [1.82, 2.24) is 20.4 Å². The summed E-state index contributed by atoms with van der Waals surface area (Å²) in [6.45, 7) is 3.45. The third-order valence-electron chi connectivity index (χ3n) is 6.14. The zero-order valence-corrected chi connectivity index (χ0v) is 17.6. The van der Waals surface area contributed by atoms with Gasteiger partial charge in [-0.05, 0) is 37.2 Å². The maximum absolute atomic E-state index is 12.4. The summed E-state index contributed by atoms with van der Waals surface area (Å²) in [4.78, 5) is 18.8. The fourth-order valence-electron chi connectivity index (χ4n) is 4.34. The molecule has 0 bridgehead atoms. The van der Waals surface area contributed by atoms with Crippen molar-refractivity contribution in [3.8, 4) is 0 Å². The van der Waals surface area contributed by atoms with Gasteiger partial charge in [0.15, 0.2) is 5.82 Å². The van der Waals surface area contributed by atoms with Crippen LogP contribution >= 0.6 is 0 Å². The average molecular weight is 413 g/mol. The number of carbonyl (C=O) groups excluding carboxylic acids is 1. The minimum Gasteiger partial charge on any atom is -0.381 e. The van der Waals surface area contributed by atoms with E-state index in [4.69, 9.17) is 9.26 Å². The number of likely N-dealkylation sites (tertiary alicyclic amines) is 1. The zero-order valence-electron chi connectivity index (χ0n) is 17.6. The van der Waals surface area contributed by atoms with Crippen LogP contribution in [0.2, 0.25) is 0 Å². The molecule has 1 saturated heterocycles. The van der Waals surface area contributed by atoms with E-state index in [1.807, 2.05) is 23.1 Å². The molecule has 2 aliphatic rings. The Morgan fingerprint density at radius 1 is 1.17 bits per heavy atom. The highest BCUT2D eigenvalue weighted by Crippen LogP contribution is 2.26. The number of hydrogen-bond acceptors (Lipinski definition) is 5. The Kier molecular flexibility index (Phi) is 7.34. The van der Waals surface area contributed by atoms with Crippen LogP contribution in [0, 0.1) is 5.92 Å². The van der Waals surface area contributed by atoms with Crippen molar-refractivity contribution in [3.63, 3.8) is 0 Å². The number of rotatable bonds is 9. The lowest BCUT2D eigenvalue weighted by molar-refractivity contribution is 0.102. The van der Waals surface area contributed by atoms with Crippen molar-refractivity contribution in [3.05, 3.63) is 47.6 Å². The fraction of sp³-hybridized carbons (Fsp3) is 0.609. The molecular formula is C23H32N4O3. The van der Waals surface area contributed by atoms with Crippen molar-refractivity contribution in [2.24, 2.45) is 5.92 Å². The number of aromatic nitrogens is 2. The minimum atomic E-state index is -0.0199. The Labute approximate surface area is 178 Å². The van der Waals surface area contributed by atoms with Gasteiger partial charge in [-0.3, -0.25) is 0 Å². The fourth-order valence-corrected chi connectivity index (χ4v) is 4.34. The number of urea groups is 1. The maximum atomic E-state index is 12.4. The lowest BCUT2D eigenvalue weighted by atomic mass is 10.1. The smallest absolute Gasteiger partial charge is 0.317 e. The number of carbonyl (C=O) groups is 1. The third kappa shape index (κ3) is 5.81. The van der Waals surface area contributed by atoms with Crippen LogP contribution in [0.1, 0.15) is 55.3 Å². The molecule has 162 valence electrons. The largest absolute Gasteiger partial charge is 0.381 e. The van der Waals surface area contributed by atoms with Gasteiger partial charge in [0, 0.05) is 32.7 Å². The molecule has 1 aromatic heterocycles. The van der Waals surface area contributed by atoms with Gasteiger partial charge in [-0.2, -0.15) is 4.98 Å². The number of benzene rings is 1. The normalized spacial score (nSPS) is 19.5. The maximum Gasteiger partial charge on any atom is 0.317 e. The second kappa shape index (κ2) is 10.6. The Balaban J connectivity index is 1.15. The van der Waals surface area contributed by atoms with E-state index in [2.05, 4.69) is 27.6 Å². The van der Waals surface area contributed by atoms with E-state index in [1.54, 1.807) is 0 Å². The highest BCUT2D eigenvalue weighted by Gasteiger charge is 2.31. The summed E-state index contributed by atoms with van der Waals surface area (Å²) in [6.07, 6.45) is 7.63. The standard InChI is InChI=1S/C23H32N4O3/c28-23(24-13-10-18-6-2-1-3-7-18)27-14-11-20(16-27)22-25-21(26-30-22)12-15-29-17-19-8-4-5-9-19/h1-3,6-7,19-20H,4-5,8-17H2,(H,24,28). The van der Waals surface area contributed by atoms with Crippen LogP contribution in [-0.4, -0.2) is 53.9 Å². The zero-order chi connectivity index (χ0) is 20.6. The summed E-state index contributed by atoms with van der Waals surface area (Å²) in [6, 6.07) is 10.2. The Hall–Kier alpha value is -2.41. The summed E-state index contributed by atoms with van der Waals surface area (Å²) in [7, 11) is 0. The van der Waals surface area contributed by atoms with E-state index in [0.717, 1.165) is 25.4 Å². The lowest BCUT2D eigenvalue weighted by Crippen LogP contribution is -2.39. The molecular weight excluding hydrogens is 380 g/mol. The monoisotopic (exact) mass is 412 g/mol. The molecule has 1 aliphatic carbocycles. The van der Waals surface area contributed by atoms with Gasteiger partial charge in [0.25, 0.3) is 0 Å². The van der Waals surface area contributed by atoms with Gasteiger partial charge < -0.3 is 19.5 Å². The van der Waals surface area contributed by atoms with Crippen molar-refractivity contribution in [2.45, 2.75) is 50.9 Å². The topological polar surface area (TPSA) is 80.5 Å². The summed E-state index contributed by atoms with van der Waals surface area (Å²) in [5, 5.41) is 7.11. The minimum absolute atomic E-state index is 0.0199. The van der Waals surface area contributed by atoms with Gasteiger partial charge in [-0.25, -0.2) is 4.79 Å². The van der Waals surface area contributed by atoms with Crippen LogP contribution in [0.5, 0.6) is 0 Å². The van der Waals surface area contributed by atoms with Gasteiger partial charge in [0.05, 0.1) is 12.5 Å². The number of hydrogen-bond donors (Lipinski definition) is 1. The Morgan fingerprint density at radius 2 is 2.00 bits per heavy atom. The first kappa shape index (κ1) is 20.8. The molecule has 1 saturated carbocycles. The molecule has 2 aromatic rings. The molecule has 2 amide bonds. The van der Waals surface area contributed by atoms with Crippen molar-refractivity contribution in [2.75, 3.05) is 32.8 Å². The third-order valence-corrected chi connectivity index (χ3v) is 6.14. The SMILES string of the molecule is O=C(NCCc1ccccc1)N1CCC(c2nc(CCOCC3CCCC3)no2)C1. The summed E-state index contributed by atoms with van der Waals surface area (Å²) in [5.41, 5.74) is 1.22. The molecule has 0 radical (unpaired) electrons. The molecule has 1 N–H and O–H groups in total. The van der Waals surface area contributed by atoms with Crippen molar-refractivity contribution < 1.29 is 14.1 Å². The quantitative estimate of drug-likeness (QED) is 0.637. The molecule has 1 aliphatic heterocycles. The van der Waals surface area contributed by atoms with Gasteiger partial charge in [0.2, 0.25) is 5.89 Å². The predicted molar refractivity (Wildman–Crippen MR) is 113 cm³/mol. The molecule has 0 spiro atoms. The Morgan fingerprint density at radius 3 is 2.83 bits per heavy atom. The van der Waals surface area contributed by atoms with Crippen molar-refractivity contribution in [1.29, 1.82) is 0 Å². The van der Waals surface area contributed by atoms with Crippen molar-refractivity contribution >= 4 is 6.03 Å². The van der Waals surface area contributed by atoms with Gasteiger partial charge in [-0.1, -0.05) is 48.3 Å². The predicted octanol–water partition coefficient (Wildman–Crippen LogP) is 3.56. The molecule has 7 nitrogen and oxygen atoms in total. The van der Waals surface area contributed by atoms with Crippen LogP contribution in [0.3, 0.4) is 0 Å². The second-order valence-electron chi connectivity index (χ2n) is 8.42. The number of nitrogens with one attached hydrogen (secondary N) is 1. The van der Waals surface area contributed by atoms with E-state index < -0.39 is 0 Å². The van der Waals surface area contributed by atoms with E-state index in [0.29, 0.717) is 44.4 Å². The number of ether oxygens (including phenoxy) is 1. The first-order valence-corrected chi connectivity index (χ1v) is 11.2. The first-order valence-electron chi connectivity index (χ1n) is 11.2. The number of nitrogens with zero attached hydrogens (tertiary/aromatic N) is 3. The second-order valence-corrected chi connectivity index (χ2v) is 8.42. The van der Waals surface area contributed by atoms with E-state index >= 15 is 0 Å². The van der Waals surface area contributed by atoms with E-state index in [1.165, 1.54) is 31.2 Å². The molecule has 1 unspecified atom stereocenters. The highest BCUT2D eigenvalue weighted by atomic mass is 16.5. The molecule has 7 heteroatoms. The van der Waals surface area contributed by atoms with Gasteiger partial charge in [-0.15, -0.1) is 0 Å². The van der Waals surface area contributed by atoms with Crippen LogP contribution < -0.4 is 5.32 Å². The highest BCUT2D eigenvalue weighted by molar-refractivity contribution is 5.74. The van der Waals surface area contributed by atoms with Crippen LogP contribution in [-0.2, 0) is 17.6 Å². The van der Waals surface area contributed by atoms with Crippen LogP contribution in [0.25, 0.3) is 0 Å². The van der Waals surface area contributed by atoms with E-state index in [-0.39, 0.29) is 11.9 Å². The average Bonchev–Trinajstić information content (AvgIpc) is 3.53. The van der Waals surface area contributed by atoms with Crippen LogP contribution in [0.15, 0.2) is 34.9 Å². The van der Waals surface area contributed by atoms with E-state index in [9.17, 15) is 4.79 Å². The summed E-state index contributed by atoms with van der Waals surface area (Å²) in [5.74, 6) is 2.18. The van der Waals surface area contributed by atoms with Gasteiger partial charge in [0.1, 0.15) is 0 Å². The van der Waals surface area contributed by atoms with Crippen LogP contribution in [0.4, 0.5) is 4.79 Å². The molecule has 4 rings (SSSR count). The molecule has 2 fully saturated rings. The first-order chi connectivity index (χ1) is 14.8. The summed E-state index contributed by atoms with van der Waals surface area (Å²) >= 11 is 0.